The van der Waals surface area contributed by atoms with Crippen molar-refractivity contribution >= 4 is 27.5 Å². The number of benzene rings is 1. The first-order chi connectivity index (χ1) is 6.68. The SMILES string of the molecule is Fc1cc(Br)ccc1-c1[nH]ncc1Cl. The van der Waals surface area contributed by atoms with E-state index in [1.54, 1.807) is 12.1 Å². The number of aromatic amines is 1. The molecule has 72 valence electrons. The van der Waals surface area contributed by atoms with Gasteiger partial charge < -0.3 is 0 Å². The van der Waals surface area contributed by atoms with Crippen LogP contribution in [-0.4, -0.2) is 10.2 Å². The van der Waals surface area contributed by atoms with Gasteiger partial charge in [-0.15, -0.1) is 0 Å². The second kappa shape index (κ2) is 3.71. The van der Waals surface area contributed by atoms with Crippen LogP contribution in [0.3, 0.4) is 0 Å². The average Bonchev–Trinajstić information content (AvgIpc) is 2.52. The first-order valence-corrected chi connectivity index (χ1v) is 5.00. The molecule has 0 aliphatic rings. The minimum Gasteiger partial charge on any atom is -0.276 e. The van der Waals surface area contributed by atoms with Crippen molar-refractivity contribution in [3.63, 3.8) is 0 Å². The van der Waals surface area contributed by atoms with Gasteiger partial charge in [0.05, 0.1) is 16.9 Å². The molecule has 5 heteroatoms. The van der Waals surface area contributed by atoms with Crippen molar-refractivity contribution in [1.82, 2.24) is 10.2 Å². The molecule has 0 bridgehead atoms. The summed E-state index contributed by atoms with van der Waals surface area (Å²) in [5.74, 6) is -0.342. The lowest BCUT2D eigenvalue weighted by atomic mass is 10.1. The highest BCUT2D eigenvalue weighted by Gasteiger charge is 2.10. The van der Waals surface area contributed by atoms with Gasteiger partial charge in [-0.3, -0.25) is 5.10 Å². The third-order valence-electron chi connectivity index (χ3n) is 1.79. The fraction of sp³-hybridized carbons (Fsp3) is 0. The molecule has 0 radical (unpaired) electrons. The Labute approximate surface area is 93.2 Å². The van der Waals surface area contributed by atoms with Crippen LogP contribution >= 0.6 is 27.5 Å². The maximum Gasteiger partial charge on any atom is 0.133 e. The van der Waals surface area contributed by atoms with Crippen molar-refractivity contribution in [3.05, 3.63) is 39.7 Å². The van der Waals surface area contributed by atoms with E-state index in [1.165, 1.54) is 12.3 Å². The number of nitrogens with one attached hydrogen (secondary N) is 1. The summed E-state index contributed by atoms with van der Waals surface area (Å²) in [6, 6.07) is 4.76. The van der Waals surface area contributed by atoms with E-state index >= 15 is 0 Å². The van der Waals surface area contributed by atoms with E-state index in [0.29, 0.717) is 20.8 Å². The van der Waals surface area contributed by atoms with Crippen LogP contribution in [0.15, 0.2) is 28.9 Å². The van der Waals surface area contributed by atoms with Crippen LogP contribution in [0.1, 0.15) is 0 Å². The van der Waals surface area contributed by atoms with Crippen molar-refractivity contribution in [2.24, 2.45) is 0 Å². The van der Waals surface area contributed by atoms with Crippen LogP contribution in [0.2, 0.25) is 5.02 Å². The monoisotopic (exact) mass is 274 g/mol. The number of aromatic nitrogens is 2. The lowest BCUT2D eigenvalue weighted by molar-refractivity contribution is 0.630. The number of H-pyrrole nitrogens is 1. The Kier molecular flexibility index (Phi) is 2.56. The van der Waals surface area contributed by atoms with Crippen LogP contribution in [0.5, 0.6) is 0 Å². The van der Waals surface area contributed by atoms with Crippen LogP contribution < -0.4 is 0 Å². The Morgan fingerprint density at radius 2 is 2.21 bits per heavy atom. The van der Waals surface area contributed by atoms with Crippen LogP contribution in [0.25, 0.3) is 11.3 Å². The predicted octanol–water partition coefficient (Wildman–Crippen LogP) is 3.63. The zero-order valence-electron chi connectivity index (χ0n) is 6.89. The molecule has 0 spiro atoms. The van der Waals surface area contributed by atoms with Gasteiger partial charge in [-0.1, -0.05) is 27.5 Å². The second-order valence-corrected chi connectivity index (χ2v) is 4.04. The van der Waals surface area contributed by atoms with Gasteiger partial charge in [0.25, 0.3) is 0 Å². The van der Waals surface area contributed by atoms with Gasteiger partial charge in [-0.25, -0.2) is 4.39 Å². The third kappa shape index (κ3) is 1.67. The molecule has 0 aliphatic carbocycles. The number of nitrogens with zero attached hydrogens (tertiary/aromatic N) is 1. The highest BCUT2D eigenvalue weighted by atomic mass is 79.9. The average molecular weight is 276 g/mol. The minimum absolute atomic E-state index is 0.342. The topological polar surface area (TPSA) is 28.7 Å². The minimum atomic E-state index is -0.342. The molecule has 0 saturated carbocycles. The summed E-state index contributed by atoms with van der Waals surface area (Å²) in [6.07, 6.45) is 1.44. The zero-order chi connectivity index (χ0) is 10.1. The largest absolute Gasteiger partial charge is 0.276 e. The van der Waals surface area contributed by atoms with Gasteiger partial charge in [0.2, 0.25) is 0 Å². The van der Waals surface area contributed by atoms with Crippen LogP contribution in [0, 0.1) is 5.82 Å². The van der Waals surface area contributed by atoms with E-state index < -0.39 is 0 Å². The molecule has 0 saturated heterocycles. The van der Waals surface area contributed by atoms with E-state index in [2.05, 4.69) is 26.1 Å². The summed E-state index contributed by atoms with van der Waals surface area (Å²) < 4.78 is 14.1. The summed E-state index contributed by atoms with van der Waals surface area (Å²) in [6.45, 7) is 0. The molecule has 14 heavy (non-hydrogen) atoms. The Morgan fingerprint density at radius 3 is 2.79 bits per heavy atom. The summed E-state index contributed by atoms with van der Waals surface area (Å²) in [5.41, 5.74) is 0.910. The summed E-state index contributed by atoms with van der Waals surface area (Å²) in [4.78, 5) is 0. The molecule has 0 atom stereocenters. The molecule has 0 aliphatic heterocycles. The molecule has 1 heterocycles. The Morgan fingerprint density at radius 1 is 1.43 bits per heavy atom. The zero-order valence-corrected chi connectivity index (χ0v) is 9.23. The summed E-state index contributed by atoms with van der Waals surface area (Å²) in [5, 5.41) is 6.78. The molecule has 1 aromatic carbocycles. The fourth-order valence-corrected chi connectivity index (χ4v) is 1.68. The Balaban J connectivity index is 2.58. The Bertz CT molecular complexity index is 470. The third-order valence-corrected chi connectivity index (χ3v) is 2.57. The fourth-order valence-electron chi connectivity index (χ4n) is 1.15. The molecule has 0 fully saturated rings. The normalized spacial score (nSPS) is 10.5. The van der Waals surface area contributed by atoms with Gasteiger partial charge in [-0.2, -0.15) is 5.10 Å². The molecule has 0 amide bonds. The highest BCUT2D eigenvalue weighted by Crippen LogP contribution is 2.28. The molecule has 2 aromatic rings. The molecule has 2 rings (SSSR count). The predicted molar refractivity (Wildman–Crippen MR) is 56.7 cm³/mol. The van der Waals surface area contributed by atoms with Crippen molar-refractivity contribution in [1.29, 1.82) is 0 Å². The lowest BCUT2D eigenvalue weighted by Gasteiger charge is -2.00. The van der Waals surface area contributed by atoms with E-state index in [0.717, 1.165) is 0 Å². The van der Waals surface area contributed by atoms with E-state index in [1.807, 2.05) is 0 Å². The van der Waals surface area contributed by atoms with Crippen molar-refractivity contribution in [2.75, 3.05) is 0 Å². The summed E-state index contributed by atoms with van der Waals surface area (Å²) >= 11 is 8.99. The van der Waals surface area contributed by atoms with Crippen molar-refractivity contribution in [3.8, 4) is 11.3 Å². The van der Waals surface area contributed by atoms with E-state index in [4.69, 9.17) is 11.6 Å². The van der Waals surface area contributed by atoms with Gasteiger partial charge in [0, 0.05) is 10.0 Å². The number of halogens is 3. The number of hydrogen-bond donors (Lipinski definition) is 1. The molecule has 0 unspecified atom stereocenters. The van der Waals surface area contributed by atoms with E-state index in [9.17, 15) is 4.39 Å². The van der Waals surface area contributed by atoms with Gasteiger partial charge in [-0.05, 0) is 18.2 Å². The smallest absolute Gasteiger partial charge is 0.133 e. The van der Waals surface area contributed by atoms with E-state index in [-0.39, 0.29) is 5.82 Å². The maximum atomic E-state index is 13.5. The highest BCUT2D eigenvalue weighted by molar-refractivity contribution is 9.10. The second-order valence-electron chi connectivity index (χ2n) is 2.72. The van der Waals surface area contributed by atoms with Gasteiger partial charge in [0.1, 0.15) is 5.82 Å². The Hall–Kier alpha value is -0.870. The molecular formula is C9H5BrClFN2. The van der Waals surface area contributed by atoms with Gasteiger partial charge >= 0.3 is 0 Å². The number of hydrogen-bond acceptors (Lipinski definition) is 1. The van der Waals surface area contributed by atoms with Crippen molar-refractivity contribution < 1.29 is 4.39 Å². The standard InChI is InChI=1S/C9H5BrClFN2/c10-5-1-2-6(8(12)3-5)9-7(11)4-13-14-9/h1-4H,(H,13,14). The molecule has 1 aromatic heterocycles. The first kappa shape index (κ1) is 9.68. The summed E-state index contributed by atoms with van der Waals surface area (Å²) in [7, 11) is 0. The quantitative estimate of drug-likeness (QED) is 0.846. The first-order valence-electron chi connectivity index (χ1n) is 3.83. The molecular weight excluding hydrogens is 270 g/mol. The lowest BCUT2D eigenvalue weighted by Crippen LogP contribution is -1.85. The molecule has 2 nitrogen and oxygen atoms in total. The van der Waals surface area contributed by atoms with Crippen LogP contribution in [-0.2, 0) is 0 Å². The molecule has 1 N–H and O–H groups in total. The van der Waals surface area contributed by atoms with Gasteiger partial charge in [0.15, 0.2) is 0 Å². The maximum absolute atomic E-state index is 13.5. The number of rotatable bonds is 1. The van der Waals surface area contributed by atoms with Crippen molar-refractivity contribution in [2.45, 2.75) is 0 Å². The van der Waals surface area contributed by atoms with Crippen LogP contribution in [0.4, 0.5) is 4.39 Å².